The lowest BCUT2D eigenvalue weighted by molar-refractivity contribution is -0.429. The minimum atomic E-state index is -1.45. The largest absolute Gasteiger partial charge is 0.456 e. The van der Waals surface area contributed by atoms with Crippen LogP contribution in [0.15, 0.2) is 12.2 Å². The zero-order valence-corrected chi connectivity index (χ0v) is 20.0. The summed E-state index contributed by atoms with van der Waals surface area (Å²) in [7, 11) is 0. The highest BCUT2D eigenvalue weighted by Gasteiger charge is 2.85. The molecule has 6 rings (SSSR count). The molecule has 0 N–H and O–H groups in total. The van der Waals surface area contributed by atoms with E-state index in [4.69, 9.17) is 23.7 Å². The summed E-state index contributed by atoms with van der Waals surface area (Å²) < 4.78 is 31.3. The van der Waals surface area contributed by atoms with Crippen molar-refractivity contribution < 1.29 is 38.1 Å². The van der Waals surface area contributed by atoms with Crippen molar-refractivity contribution >= 4 is 18.2 Å². The van der Waals surface area contributed by atoms with E-state index in [1.165, 1.54) is 6.08 Å². The molecule has 4 saturated heterocycles. The van der Waals surface area contributed by atoms with Crippen LogP contribution < -0.4 is 0 Å². The maximum absolute atomic E-state index is 13.2. The Morgan fingerprint density at radius 2 is 1.76 bits per heavy atom. The number of carbonyl (C=O) groups excluding carboxylic acids is 3. The van der Waals surface area contributed by atoms with Gasteiger partial charge in [-0.3, -0.25) is 9.53 Å². The van der Waals surface area contributed by atoms with E-state index in [1.807, 2.05) is 27.7 Å². The Balaban J connectivity index is 1.57. The Morgan fingerprint density at radius 3 is 2.45 bits per heavy atom. The summed E-state index contributed by atoms with van der Waals surface area (Å²) in [5.41, 5.74) is -3.74. The van der Waals surface area contributed by atoms with Gasteiger partial charge in [-0.25, -0.2) is 4.79 Å². The highest BCUT2D eigenvalue weighted by atomic mass is 17.0. The standard InChI is InChI=1S/C25H32O8/c1-13-7-8-15-20(3,4)29-16(27)9-10-23(15,12-26)24(13)11-21(5)14(2)17-18-22(6,31-19(17)28)32-25(21,30-18)33-24/h9-10,12-15,17-18H,7-8,11H2,1-6H3/t13-,14+,15?,17+,18-,21-,22+,23+,24-,25+/m0/s1. The first-order valence-corrected chi connectivity index (χ1v) is 12.0. The Labute approximate surface area is 193 Å². The van der Waals surface area contributed by atoms with Crippen LogP contribution in [0.5, 0.6) is 0 Å². The quantitative estimate of drug-likeness (QED) is 0.435. The molecule has 8 heteroatoms. The molecule has 10 atom stereocenters. The van der Waals surface area contributed by atoms with Gasteiger partial charge >= 0.3 is 11.9 Å². The molecule has 0 radical (unpaired) electrons. The Kier molecular flexibility index (Phi) is 3.88. The molecule has 5 aliphatic heterocycles. The molecule has 5 fully saturated rings. The average molecular weight is 461 g/mol. The lowest BCUT2D eigenvalue weighted by atomic mass is 9.48. The van der Waals surface area contributed by atoms with Crippen LogP contribution in [0, 0.1) is 34.5 Å². The molecule has 0 amide bonds. The maximum atomic E-state index is 13.2. The van der Waals surface area contributed by atoms with Crippen LogP contribution in [0.4, 0.5) is 0 Å². The zero-order valence-electron chi connectivity index (χ0n) is 20.0. The van der Waals surface area contributed by atoms with Crippen molar-refractivity contribution in [1.82, 2.24) is 0 Å². The fourth-order valence-corrected chi connectivity index (χ4v) is 8.24. The normalized spacial score (nSPS) is 57.8. The second-order valence-corrected chi connectivity index (χ2v) is 12.0. The van der Waals surface area contributed by atoms with Crippen molar-refractivity contribution in [3.63, 3.8) is 0 Å². The molecule has 0 aromatic rings. The molecule has 5 heterocycles. The van der Waals surface area contributed by atoms with E-state index in [9.17, 15) is 14.4 Å². The predicted molar refractivity (Wildman–Crippen MR) is 112 cm³/mol. The van der Waals surface area contributed by atoms with E-state index >= 15 is 0 Å². The van der Waals surface area contributed by atoms with E-state index < -0.39 is 51.8 Å². The molecule has 8 nitrogen and oxygen atoms in total. The summed E-state index contributed by atoms with van der Waals surface area (Å²) in [5, 5.41) is 0. The number of fused-ring (bicyclic) bond motifs is 2. The first-order chi connectivity index (χ1) is 15.3. The van der Waals surface area contributed by atoms with E-state index in [0.29, 0.717) is 12.8 Å². The average Bonchev–Trinajstić information content (AvgIpc) is 3.19. The Morgan fingerprint density at radius 1 is 1.03 bits per heavy atom. The highest BCUT2D eigenvalue weighted by Crippen LogP contribution is 2.74. The first-order valence-electron chi connectivity index (χ1n) is 12.0. The molecule has 1 unspecified atom stereocenters. The third kappa shape index (κ3) is 2.18. The molecular weight excluding hydrogens is 428 g/mol. The van der Waals surface area contributed by atoms with Gasteiger partial charge in [-0.05, 0) is 44.9 Å². The van der Waals surface area contributed by atoms with E-state index in [1.54, 1.807) is 13.0 Å². The van der Waals surface area contributed by atoms with Gasteiger partial charge < -0.3 is 23.7 Å². The molecule has 6 aliphatic rings. The Hall–Kier alpha value is -1.77. The summed E-state index contributed by atoms with van der Waals surface area (Å²) in [6.45, 7) is 11.6. The molecule has 0 aromatic heterocycles. The maximum Gasteiger partial charge on any atom is 0.330 e. The second-order valence-electron chi connectivity index (χ2n) is 12.0. The lowest BCUT2D eigenvalue weighted by Crippen LogP contribution is -2.64. The third-order valence-electron chi connectivity index (χ3n) is 10.1. The molecule has 33 heavy (non-hydrogen) atoms. The molecule has 2 spiro atoms. The van der Waals surface area contributed by atoms with Crippen LogP contribution >= 0.6 is 0 Å². The van der Waals surface area contributed by atoms with Gasteiger partial charge in [0.15, 0.2) is 0 Å². The van der Waals surface area contributed by atoms with Crippen molar-refractivity contribution in [2.45, 2.75) is 89.9 Å². The van der Waals surface area contributed by atoms with Crippen molar-refractivity contribution in [2.75, 3.05) is 0 Å². The first kappa shape index (κ1) is 21.7. The highest BCUT2D eigenvalue weighted by molar-refractivity contribution is 5.85. The van der Waals surface area contributed by atoms with Crippen molar-refractivity contribution in [1.29, 1.82) is 0 Å². The minimum absolute atomic E-state index is 0.0371. The Bertz CT molecular complexity index is 1000. The van der Waals surface area contributed by atoms with Gasteiger partial charge in [0.2, 0.25) is 5.79 Å². The van der Waals surface area contributed by atoms with Crippen molar-refractivity contribution in [2.24, 2.45) is 34.5 Å². The van der Waals surface area contributed by atoms with Gasteiger partial charge in [0, 0.05) is 18.9 Å². The molecule has 180 valence electrons. The van der Waals surface area contributed by atoms with Gasteiger partial charge in [0.05, 0.1) is 22.3 Å². The lowest BCUT2D eigenvalue weighted by Gasteiger charge is -2.57. The number of aldehydes is 1. The van der Waals surface area contributed by atoms with Crippen LogP contribution in [-0.2, 0) is 38.1 Å². The number of carbonyl (C=O) groups is 3. The summed E-state index contributed by atoms with van der Waals surface area (Å²) in [4.78, 5) is 38.4. The summed E-state index contributed by atoms with van der Waals surface area (Å²) in [6, 6.07) is 0. The summed E-state index contributed by atoms with van der Waals surface area (Å²) in [6.07, 6.45) is 5.37. The van der Waals surface area contributed by atoms with Crippen molar-refractivity contribution in [3.8, 4) is 0 Å². The molecule has 2 bridgehead atoms. The number of hydrogen-bond acceptors (Lipinski definition) is 8. The monoisotopic (exact) mass is 460 g/mol. The SMILES string of the molecule is C[C@@H]1[C@H]2C(=O)O[C@]3(C)O[C@@]4(O[C@@H]23)O[C@@]2(C[C@@]14C)[C@@H](C)CCC1C(C)(C)OC(=O)C=C[C@@]12C=O. The van der Waals surface area contributed by atoms with E-state index in [-0.39, 0.29) is 23.7 Å². The molecule has 1 saturated carbocycles. The predicted octanol–water partition coefficient (Wildman–Crippen LogP) is 2.88. The fraction of sp³-hybridized carbons (Fsp3) is 0.800. The number of hydrogen-bond donors (Lipinski definition) is 0. The van der Waals surface area contributed by atoms with Crippen LogP contribution in [0.25, 0.3) is 0 Å². The molecule has 0 aromatic carbocycles. The number of cyclic esters (lactones) is 1. The van der Waals surface area contributed by atoms with Gasteiger partial charge in [0.1, 0.15) is 18.0 Å². The summed E-state index contributed by atoms with van der Waals surface area (Å²) >= 11 is 0. The number of rotatable bonds is 1. The fourth-order valence-electron chi connectivity index (χ4n) is 8.24. The third-order valence-corrected chi connectivity index (χ3v) is 10.1. The van der Waals surface area contributed by atoms with Crippen LogP contribution in [0.1, 0.15) is 60.8 Å². The zero-order chi connectivity index (χ0) is 23.8. The number of ether oxygens (including phenoxy) is 5. The van der Waals surface area contributed by atoms with Gasteiger partial charge in [0.25, 0.3) is 5.97 Å². The van der Waals surface area contributed by atoms with E-state index in [0.717, 1.165) is 12.7 Å². The van der Waals surface area contributed by atoms with Crippen LogP contribution in [-0.4, -0.2) is 47.3 Å². The number of esters is 2. The van der Waals surface area contributed by atoms with Crippen LogP contribution in [0.2, 0.25) is 0 Å². The van der Waals surface area contributed by atoms with Crippen LogP contribution in [0.3, 0.4) is 0 Å². The van der Waals surface area contributed by atoms with Gasteiger partial charge in [-0.15, -0.1) is 0 Å². The van der Waals surface area contributed by atoms with Crippen molar-refractivity contribution in [3.05, 3.63) is 12.2 Å². The second kappa shape index (κ2) is 5.89. The van der Waals surface area contributed by atoms with Gasteiger partial charge in [-0.2, -0.15) is 0 Å². The van der Waals surface area contributed by atoms with E-state index in [2.05, 4.69) is 6.92 Å². The minimum Gasteiger partial charge on any atom is -0.456 e. The summed E-state index contributed by atoms with van der Waals surface area (Å²) in [5.74, 6) is -4.44. The van der Waals surface area contributed by atoms with Gasteiger partial charge in [-0.1, -0.05) is 26.8 Å². The topological polar surface area (TPSA) is 97.4 Å². The smallest absolute Gasteiger partial charge is 0.330 e. The molecule has 1 aliphatic carbocycles. The molecular formula is C25H32O8.